The molecule has 1 unspecified atom stereocenters. The van der Waals surface area contributed by atoms with Crippen LogP contribution >= 0.6 is 0 Å². The van der Waals surface area contributed by atoms with E-state index in [1.165, 1.54) is 109 Å². The van der Waals surface area contributed by atoms with Crippen LogP contribution in [0.15, 0.2) is 0 Å². The van der Waals surface area contributed by atoms with E-state index < -0.39 is 5.97 Å². The van der Waals surface area contributed by atoms with Gasteiger partial charge in [0.15, 0.2) is 0 Å². The van der Waals surface area contributed by atoms with E-state index >= 15 is 0 Å². The van der Waals surface area contributed by atoms with Gasteiger partial charge in [-0.3, -0.25) is 9.59 Å². The molecule has 0 amide bonds. The Labute approximate surface area is 235 Å². The lowest BCUT2D eigenvalue weighted by Gasteiger charge is -2.18. The highest BCUT2D eigenvalue weighted by atomic mass is 16.6. The van der Waals surface area contributed by atoms with Crippen molar-refractivity contribution in [1.82, 2.24) is 0 Å². The Bertz CT molecular complexity index is 510. The van der Waals surface area contributed by atoms with Crippen LogP contribution in [0, 0.1) is 0 Å². The zero-order chi connectivity index (χ0) is 27.9. The van der Waals surface area contributed by atoms with Crippen LogP contribution in [0.1, 0.15) is 162 Å². The van der Waals surface area contributed by atoms with E-state index in [1.807, 2.05) is 0 Å². The SMILES string of the molecule is CCCCCCCCCCCCOCC(COC(=O)CCCC(=O)O)OCCCCCCCCCCCC. The molecule has 0 radical (unpaired) electrons. The number of hydrogen-bond acceptors (Lipinski definition) is 5. The lowest BCUT2D eigenvalue weighted by atomic mass is 10.1. The Hall–Kier alpha value is -1.14. The molecule has 0 bridgehead atoms. The number of ether oxygens (including phenoxy) is 3. The molecule has 0 aromatic heterocycles. The third-order valence-corrected chi connectivity index (χ3v) is 7.00. The number of carboxylic acid groups (broad SMARTS) is 1. The van der Waals surface area contributed by atoms with Gasteiger partial charge >= 0.3 is 11.9 Å². The molecular formula is C32H62O6. The number of carbonyl (C=O) groups excluding carboxylic acids is 1. The van der Waals surface area contributed by atoms with Gasteiger partial charge in [0.25, 0.3) is 0 Å². The minimum atomic E-state index is -0.893. The molecule has 1 atom stereocenters. The maximum atomic E-state index is 12.0. The fraction of sp³-hybridized carbons (Fsp3) is 0.938. The van der Waals surface area contributed by atoms with E-state index in [0.29, 0.717) is 26.2 Å². The zero-order valence-corrected chi connectivity index (χ0v) is 25.2. The lowest BCUT2D eigenvalue weighted by Crippen LogP contribution is -2.28. The van der Waals surface area contributed by atoms with E-state index in [0.717, 1.165) is 19.3 Å². The van der Waals surface area contributed by atoms with Crippen LogP contribution in [-0.4, -0.2) is 49.6 Å². The van der Waals surface area contributed by atoms with Crippen LogP contribution in [0.25, 0.3) is 0 Å². The van der Waals surface area contributed by atoms with Gasteiger partial charge in [0.05, 0.1) is 6.61 Å². The van der Waals surface area contributed by atoms with E-state index in [4.69, 9.17) is 19.3 Å². The fourth-order valence-electron chi connectivity index (χ4n) is 4.53. The summed E-state index contributed by atoms with van der Waals surface area (Å²) in [6.45, 7) is 6.47. The van der Waals surface area contributed by atoms with Crippen molar-refractivity contribution in [2.75, 3.05) is 26.4 Å². The van der Waals surface area contributed by atoms with Gasteiger partial charge in [-0.15, -0.1) is 0 Å². The topological polar surface area (TPSA) is 82.1 Å². The first-order valence-corrected chi connectivity index (χ1v) is 16.2. The molecule has 0 rings (SSSR count). The van der Waals surface area contributed by atoms with Crippen molar-refractivity contribution in [3.05, 3.63) is 0 Å². The first kappa shape index (κ1) is 36.9. The Morgan fingerprint density at radius 1 is 0.553 bits per heavy atom. The highest BCUT2D eigenvalue weighted by molar-refractivity contribution is 5.71. The molecule has 0 fully saturated rings. The van der Waals surface area contributed by atoms with Gasteiger partial charge in [-0.25, -0.2) is 0 Å². The van der Waals surface area contributed by atoms with Crippen molar-refractivity contribution < 1.29 is 28.9 Å². The summed E-state index contributed by atoms with van der Waals surface area (Å²) in [5.41, 5.74) is 0. The molecule has 0 aromatic rings. The molecule has 6 heteroatoms. The Balaban J connectivity index is 3.98. The van der Waals surface area contributed by atoms with Crippen LogP contribution in [-0.2, 0) is 23.8 Å². The van der Waals surface area contributed by atoms with Crippen LogP contribution in [0.2, 0.25) is 0 Å². The largest absolute Gasteiger partial charge is 0.481 e. The molecule has 0 aliphatic carbocycles. The van der Waals surface area contributed by atoms with Crippen LogP contribution in [0.4, 0.5) is 0 Å². The maximum absolute atomic E-state index is 12.0. The second kappa shape index (κ2) is 30.4. The summed E-state index contributed by atoms with van der Waals surface area (Å²) in [7, 11) is 0. The van der Waals surface area contributed by atoms with Gasteiger partial charge < -0.3 is 19.3 Å². The van der Waals surface area contributed by atoms with Crippen molar-refractivity contribution in [2.24, 2.45) is 0 Å². The van der Waals surface area contributed by atoms with Crippen molar-refractivity contribution >= 4 is 11.9 Å². The minimum absolute atomic E-state index is 0.0181. The van der Waals surface area contributed by atoms with Gasteiger partial charge in [0, 0.05) is 26.1 Å². The number of hydrogen-bond donors (Lipinski definition) is 1. The standard InChI is InChI=1S/C32H62O6/c1-3-5-7-9-11-13-15-17-19-21-26-36-28-30(29-38-32(35)25-23-24-31(33)34)37-27-22-20-18-16-14-12-10-8-6-4-2/h30H,3-29H2,1-2H3,(H,33,34). The molecular weight excluding hydrogens is 480 g/mol. The summed E-state index contributed by atoms with van der Waals surface area (Å²) in [4.78, 5) is 22.6. The average molecular weight is 543 g/mol. The maximum Gasteiger partial charge on any atom is 0.305 e. The molecule has 0 heterocycles. The van der Waals surface area contributed by atoms with E-state index in [-0.39, 0.29) is 31.5 Å². The second-order valence-electron chi connectivity index (χ2n) is 10.9. The van der Waals surface area contributed by atoms with Gasteiger partial charge in [-0.2, -0.15) is 0 Å². The Morgan fingerprint density at radius 2 is 1.00 bits per heavy atom. The smallest absolute Gasteiger partial charge is 0.305 e. The van der Waals surface area contributed by atoms with Crippen molar-refractivity contribution in [2.45, 2.75) is 168 Å². The molecule has 1 N–H and O–H groups in total. The van der Waals surface area contributed by atoms with Gasteiger partial charge in [-0.05, 0) is 19.3 Å². The van der Waals surface area contributed by atoms with Crippen molar-refractivity contribution in [3.63, 3.8) is 0 Å². The minimum Gasteiger partial charge on any atom is -0.481 e. The number of esters is 1. The first-order valence-electron chi connectivity index (χ1n) is 16.2. The van der Waals surface area contributed by atoms with Crippen LogP contribution in [0.3, 0.4) is 0 Å². The third-order valence-electron chi connectivity index (χ3n) is 7.00. The number of carboxylic acids is 1. The highest BCUT2D eigenvalue weighted by Crippen LogP contribution is 2.12. The summed E-state index contributed by atoms with van der Waals surface area (Å²) >= 11 is 0. The second-order valence-corrected chi connectivity index (χ2v) is 10.9. The normalized spacial score (nSPS) is 12.1. The van der Waals surface area contributed by atoms with Crippen LogP contribution < -0.4 is 0 Å². The molecule has 226 valence electrons. The number of rotatable bonds is 31. The van der Waals surface area contributed by atoms with Gasteiger partial charge in [-0.1, -0.05) is 129 Å². The lowest BCUT2D eigenvalue weighted by molar-refractivity contribution is -0.150. The Morgan fingerprint density at radius 3 is 1.47 bits per heavy atom. The third kappa shape index (κ3) is 29.4. The van der Waals surface area contributed by atoms with Crippen molar-refractivity contribution in [3.8, 4) is 0 Å². The number of aliphatic carboxylic acids is 1. The summed E-state index contributed by atoms with van der Waals surface area (Å²) in [5, 5.41) is 8.73. The predicted octanol–water partition coefficient (Wildman–Crippen LogP) is 9.03. The average Bonchev–Trinajstić information content (AvgIpc) is 2.90. The fourth-order valence-corrected chi connectivity index (χ4v) is 4.53. The predicted molar refractivity (Wildman–Crippen MR) is 157 cm³/mol. The quantitative estimate of drug-likeness (QED) is 0.0695. The summed E-state index contributed by atoms with van der Waals surface area (Å²) in [6, 6.07) is 0. The van der Waals surface area contributed by atoms with Crippen LogP contribution in [0.5, 0.6) is 0 Å². The molecule has 0 saturated carbocycles. The summed E-state index contributed by atoms with van der Waals surface area (Å²) in [6.07, 6.45) is 25.9. The molecule has 0 aliphatic heterocycles. The molecule has 0 aromatic carbocycles. The van der Waals surface area contributed by atoms with E-state index in [1.54, 1.807) is 0 Å². The van der Waals surface area contributed by atoms with Gasteiger partial charge in [0.1, 0.15) is 12.7 Å². The highest BCUT2D eigenvalue weighted by Gasteiger charge is 2.14. The number of unbranched alkanes of at least 4 members (excludes halogenated alkanes) is 18. The van der Waals surface area contributed by atoms with E-state index in [2.05, 4.69) is 13.8 Å². The molecule has 0 spiro atoms. The summed E-state index contributed by atoms with van der Waals surface area (Å²) < 4.78 is 17.2. The molecule has 6 nitrogen and oxygen atoms in total. The molecule has 38 heavy (non-hydrogen) atoms. The molecule has 0 aliphatic rings. The summed E-state index contributed by atoms with van der Waals surface area (Å²) in [5.74, 6) is -1.26. The zero-order valence-electron chi connectivity index (χ0n) is 25.2. The van der Waals surface area contributed by atoms with Gasteiger partial charge in [0.2, 0.25) is 0 Å². The monoisotopic (exact) mass is 542 g/mol. The van der Waals surface area contributed by atoms with E-state index in [9.17, 15) is 9.59 Å². The Kier molecular flexibility index (Phi) is 29.5. The first-order chi connectivity index (χ1) is 18.6. The number of carbonyl (C=O) groups is 2. The molecule has 0 saturated heterocycles. The van der Waals surface area contributed by atoms with Crippen molar-refractivity contribution in [1.29, 1.82) is 0 Å².